The monoisotopic (exact) mass is 284 g/mol. The SMILES string of the molecule is CCN1C(=O)CC(N2CCC(OCC(=O)O)CC2)C1=O. The smallest absolute Gasteiger partial charge is 0.329 e. The van der Waals surface area contributed by atoms with Gasteiger partial charge in [-0.15, -0.1) is 0 Å². The Hall–Kier alpha value is -1.47. The van der Waals surface area contributed by atoms with Crippen LogP contribution in [0.4, 0.5) is 0 Å². The number of imide groups is 1. The van der Waals surface area contributed by atoms with Crippen molar-refractivity contribution in [2.75, 3.05) is 26.2 Å². The van der Waals surface area contributed by atoms with E-state index in [-0.39, 0.29) is 37.0 Å². The zero-order valence-corrected chi connectivity index (χ0v) is 11.6. The van der Waals surface area contributed by atoms with Crippen molar-refractivity contribution in [1.29, 1.82) is 0 Å². The number of piperidine rings is 1. The largest absolute Gasteiger partial charge is 0.480 e. The number of nitrogens with zero attached hydrogens (tertiary/aromatic N) is 2. The van der Waals surface area contributed by atoms with Gasteiger partial charge >= 0.3 is 5.97 Å². The molecule has 20 heavy (non-hydrogen) atoms. The van der Waals surface area contributed by atoms with Gasteiger partial charge in [0.1, 0.15) is 6.61 Å². The highest BCUT2D eigenvalue weighted by molar-refractivity contribution is 6.05. The number of likely N-dealkylation sites (tertiary alicyclic amines) is 2. The summed E-state index contributed by atoms with van der Waals surface area (Å²) in [5, 5.41) is 8.57. The molecule has 0 spiro atoms. The van der Waals surface area contributed by atoms with Crippen molar-refractivity contribution >= 4 is 17.8 Å². The first kappa shape index (κ1) is 14.9. The van der Waals surface area contributed by atoms with Crippen LogP contribution in [0.1, 0.15) is 26.2 Å². The quantitative estimate of drug-likeness (QED) is 0.697. The van der Waals surface area contributed by atoms with Gasteiger partial charge in [0.2, 0.25) is 11.8 Å². The zero-order valence-electron chi connectivity index (χ0n) is 11.6. The molecule has 7 heteroatoms. The fourth-order valence-electron chi connectivity index (χ4n) is 2.83. The molecule has 1 atom stereocenters. The van der Waals surface area contributed by atoms with E-state index in [0.29, 0.717) is 32.5 Å². The molecule has 0 aromatic rings. The number of likely N-dealkylation sites (N-methyl/N-ethyl adjacent to an activating group) is 1. The van der Waals surface area contributed by atoms with Crippen molar-refractivity contribution in [3.05, 3.63) is 0 Å². The lowest BCUT2D eigenvalue weighted by molar-refractivity contribution is -0.145. The van der Waals surface area contributed by atoms with Crippen LogP contribution >= 0.6 is 0 Å². The first-order valence-corrected chi connectivity index (χ1v) is 6.94. The number of carbonyl (C=O) groups is 3. The van der Waals surface area contributed by atoms with Crippen molar-refractivity contribution in [2.24, 2.45) is 0 Å². The first-order valence-electron chi connectivity index (χ1n) is 6.94. The third-order valence-electron chi connectivity index (χ3n) is 3.90. The van der Waals surface area contributed by atoms with Gasteiger partial charge in [0, 0.05) is 19.6 Å². The van der Waals surface area contributed by atoms with E-state index in [4.69, 9.17) is 9.84 Å². The van der Waals surface area contributed by atoms with E-state index in [1.807, 2.05) is 4.90 Å². The third-order valence-corrected chi connectivity index (χ3v) is 3.90. The second kappa shape index (κ2) is 6.32. The van der Waals surface area contributed by atoms with Gasteiger partial charge in [0.25, 0.3) is 0 Å². The summed E-state index contributed by atoms with van der Waals surface area (Å²) in [5.41, 5.74) is 0. The number of rotatable bonds is 5. The Balaban J connectivity index is 1.84. The van der Waals surface area contributed by atoms with E-state index in [2.05, 4.69) is 0 Å². The lowest BCUT2D eigenvalue weighted by Gasteiger charge is -2.34. The molecular weight excluding hydrogens is 264 g/mol. The Morgan fingerprint density at radius 2 is 2.00 bits per heavy atom. The highest BCUT2D eigenvalue weighted by Gasteiger charge is 2.41. The molecule has 112 valence electrons. The molecule has 0 radical (unpaired) electrons. The van der Waals surface area contributed by atoms with Gasteiger partial charge in [-0.3, -0.25) is 19.4 Å². The maximum absolute atomic E-state index is 12.1. The third kappa shape index (κ3) is 3.16. The van der Waals surface area contributed by atoms with Gasteiger partial charge in [0.15, 0.2) is 0 Å². The maximum atomic E-state index is 12.1. The number of hydrogen-bond acceptors (Lipinski definition) is 5. The van der Waals surface area contributed by atoms with Crippen molar-refractivity contribution in [3.63, 3.8) is 0 Å². The van der Waals surface area contributed by atoms with Crippen LogP contribution in [0.25, 0.3) is 0 Å². The standard InChI is InChI=1S/C13H20N2O5/c1-2-15-11(16)7-10(13(15)19)14-5-3-9(4-6-14)20-8-12(17)18/h9-10H,2-8H2,1H3,(H,17,18). The Bertz CT molecular complexity index is 404. The van der Waals surface area contributed by atoms with Crippen LogP contribution < -0.4 is 0 Å². The van der Waals surface area contributed by atoms with Crippen molar-refractivity contribution in [3.8, 4) is 0 Å². The molecule has 2 saturated heterocycles. The van der Waals surface area contributed by atoms with E-state index in [1.54, 1.807) is 6.92 Å². The van der Waals surface area contributed by atoms with E-state index >= 15 is 0 Å². The first-order chi connectivity index (χ1) is 9.52. The number of carboxylic acid groups (broad SMARTS) is 1. The summed E-state index contributed by atoms with van der Waals surface area (Å²) in [7, 11) is 0. The highest BCUT2D eigenvalue weighted by atomic mass is 16.5. The van der Waals surface area contributed by atoms with Crippen LogP contribution in [-0.2, 0) is 19.1 Å². The molecule has 7 nitrogen and oxygen atoms in total. The summed E-state index contributed by atoms with van der Waals surface area (Å²) in [6.07, 6.45) is 1.57. The minimum Gasteiger partial charge on any atom is -0.480 e. The molecule has 2 aliphatic rings. The maximum Gasteiger partial charge on any atom is 0.329 e. The van der Waals surface area contributed by atoms with E-state index in [9.17, 15) is 14.4 Å². The molecule has 2 aliphatic heterocycles. The Labute approximate surface area is 117 Å². The Morgan fingerprint density at radius 1 is 1.35 bits per heavy atom. The van der Waals surface area contributed by atoms with Crippen molar-refractivity contribution in [1.82, 2.24) is 9.80 Å². The summed E-state index contributed by atoms with van der Waals surface area (Å²) in [6.45, 7) is 3.25. The Morgan fingerprint density at radius 3 is 2.50 bits per heavy atom. The summed E-state index contributed by atoms with van der Waals surface area (Å²) >= 11 is 0. The average molecular weight is 284 g/mol. The summed E-state index contributed by atoms with van der Waals surface area (Å²) in [5.74, 6) is -1.18. The summed E-state index contributed by atoms with van der Waals surface area (Å²) < 4.78 is 5.26. The molecule has 2 rings (SSSR count). The molecule has 0 bridgehead atoms. The molecule has 2 amide bonds. The van der Waals surface area contributed by atoms with Crippen molar-refractivity contribution < 1.29 is 24.2 Å². The molecule has 2 heterocycles. The number of aliphatic carboxylic acids is 1. The topological polar surface area (TPSA) is 87.2 Å². The Kier molecular flexibility index (Phi) is 4.72. The van der Waals surface area contributed by atoms with Crippen LogP contribution in [0, 0.1) is 0 Å². The molecule has 0 aromatic carbocycles. The summed E-state index contributed by atoms with van der Waals surface area (Å²) in [6, 6.07) is -0.345. The van der Waals surface area contributed by atoms with E-state index < -0.39 is 5.97 Å². The number of hydrogen-bond donors (Lipinski definition) is 1. The van der Waals surface area contributed by atoms with Gasteiger partial charge in [-0.2, -0.15) is 0 Å². The molecule has 0 aromatic heterocycles. The molecule has 0 aliphatic carbocycles. The second-order valence-electron chi connectivity index (χ2n) is 5.14. The minimum atomic E-state index is -0.970. The van der Waals surface area contributed by atoms with Gasteiger partial charge in [-0.05, 0) is 19.8 Å². The summed E-state index contributed by atoms with van der Waals surface area (Å²) in [4.78, 5) is 37.6. The molecular formula is C13H20N2O5. The second-order valence-corrected chi connectivity index (χ2v) is 5.14. The lowest BCUT2D eigenvalue weighted by Crippen LogP contribution is -2.47. The zero-order chi connectivity index (χ0) is 14.7. The van der Waals surface area contributed by atoms with Gasteiger partial charge in [-0.25, -0.2) is 4.79 Å². The number of carbonyl (C=O) groups excluding carboxylic acids is 2. The number of carboxylic acids is 1. The number of ether oxygens (including phenoxy) is 1. The predicted molar refractivity (Wildman–Crippen MR) is 69.0 cm³/mol. The molecule has 0 saturated carbocycles. The minimum absolute atomic E-state index is 0.0724. The van der Waals surface area contributed by atoms with E-state index in [0.717, 1.165) is 0 Å². The van der Waals surface area contributed by atoms with Crippen LogP contribution in [0.3, 0.4) is 0 Å². The average Bonchev–Trinajstić information content (AvgIpc) is 2.72. The van der Waals surface area contributed by atoms with Gasteiger partial charge in [0.05, 0.1) is 18.6 Å². The number of amides is 2. The van der Waals surface area contributed by atoms with Gasteiger partial charge < -0.3 is 9.84 Å². The predicted octanol–water partition coefficient (Wildman–Crippen LogP) is -0.301. The van der Waals surface area contributed by atoms with Crippen LogP contribution in [0.5, 0.6) is 0 Å². The van der Waals surface area contributed by atoms with Crippen molar-refractivity contribution in [2.45, 2.75) is 38.3 Å². The molecule has 1 unspecified atom stereocenters. The normalized spacial score (nSPS) is 25.4. The van der Waals surface area contributed by atoms with Crippen LogP contribution in [-0.4, -0.2) is 71.1 Å². The highest BCUT2D eigenvalue weighted by Crippen LogP contribution is 2.23. The van der Waals surface area contributed by atoms with Crippen LogP contribution in [0.15, 0.2) is 0 Å². The lowest BCUT2D eigenvalue weighted by atomic mass is 10.0. The fraction of sp³-hybridized carbons (Fsp3) is 0.769. The molecule has 2 fully saturated rings. The fourth-order valence-corrected chi connectivity index (χ4v) is 2.83. The van der Waals surface area contributed by atoms with Gasteiger partial charge in [-0.1, -0.05) is 0 Å². The van der Waals surface area contributed by atoms with Crippen LogP contribution in [0.2, 0.25) is 0 Å². The van der Waals surface area contributed by atoms with E-state index in [1.165, 1.54) is 4.90 Å². The molecule has 1 N–H and O–H groups in total.